The molecule has 0 saturated carbocycles. The fourth-order valence-corrected chi connectivity index (χ4v) is 2.96. The second-order valence-corrected chi connectivity index (χ2v) is 5.84. The third kappa shape index (κ3) is 3.99. The lowest BCUT2D eigenvalue weighted by Crippen LogP contribution is -2.05. The average Bonchev–Trinajstić information content (AvgIpc) is 2.44. The number of benzene rings is 1. The maximum Gasteiger partial charge on any atom is 0.271 e. The van der Waals surface area contributed by atoms with Crippen LogP contribution in [-0.2, 0) is 6.54 Å². The fraction of sp³-hybridized carbons (Fsp3) is 0.154. The van der Waals surface area contributed by atoms with Gasteiger partial charge in [-0.1, -0.05) is 6.07 Å². The van der Waals surface area contributed by atoms with Crippen LogP contribution in [0, 0.1) is 10.1 Å². The summed E-state index contributed by atoms with van der Waals surface area (Å²) in [4.78, 5) is 14.5. The normalized spacial score (nSPS) is 10.4. The van der Waals surface area contributed by atoms with Crippen LogP contribution in [0.3, 0.4) is 0 Å². The zero-order valence-electron chi connectivity index (χ0n) is 11.0. The summed E-state index contributed by atoms with van der Waals surface area (Å²) in [6.45, 7) is 0.720. The first-order chi connectivity index (χ1) is 10.0. The number of aromatic nitrogens is 1. The molecule has 0 spiro atoms. The number of nitro benzene ring substituents is 1. The molecule has 110 valence electrons. The van der Waals surface area contributed by atoms with Gasteiger partial charge in [-0.15, -0.1) is 0 Å². The minimum absolute atomic E-state index is 0.0292. The average molecular weight is 417 g/mol. The van der Waals surface area contributed by atoms with E-state index in [0.717, 1.165) is 12.1 Å². The molecule has 0 aliphatic heterocycles. The third-order valence-electron chi connectivity index (χ3n) is 2.58. The molecule has 2 rings (SSSR count). The minimum atomic E-state index is -0.468. The Morgan fingerprint density at radius 2 is 2.00 bits per heavy atom. The molecular formula is C13H11Br2N3O3. The molecule has 0 radical (unpaired) electrons. The van der Waals surface area contributed by atoms with Gasteiger partial charge in [0.1, 0.15) is 0 Å². The van der Waals surface area contributed by atoms with Gasteiger partial charge in [-0.3, -0.25) is 10.1 Å². The number of ether oxygens (including phenoxy) is 1. The summed E-state index contributed by atoms with van der Waals surface area (Å²) in [6, 6.07) is 6.41. The second kappa shape index (κ2) is 6.97. The van der Waals surface area contributed by atoms with Crippen LogP contribution in [0.5, 0.6) is 11.6 Å². The van der Waals surface area contributed by atoms with Crippen molar-refractivity contribution in [3.05, 3.63) is 55.1 Å². The zero-order valence-corrected chi connectivity index (χ0v) is 14.1. The standard InChI is InChI=1S/C13H11Br2N3O3/c1-16-6-8-2-3-12(17-7-8)21-13-10(14)4-9(18(19)20)5-11(13)15/h2-5,7,16H,6H2,1H3. The molecule has 0 amide bonds. The van der Waals surface area contributed by atoms with E-state index in [-0.39, 0.29) is 5.69 Å². The predicted octanol–water partition coefficient (Wildman–Crippen LogP) is 4.03. The number of rotatable bonds is 5. The Morgan fingerprint density at radius 3 is 2.48 bits per heavy atom. The molecule has 21 heavy (non-hydrogen) atoms. The molecule has 6 nitrogen and oxygen atoms in total. The highest BCUT2D eigenvalue weighted by Crippen LogP contribution is 2.39. The van der Waals surface area contributed by atoms with Crippen molar-refractivity contribution in [2.75, 3.05) is 7.05 Å². The third-order valence-corrected chi connectivity index (χ3v) is 3.76. The van der Waals surface area contributed by atoms with Gasteiger partial charge < -0.3 is 10.1 Å². The number of halogens is 2. The molecule has 0 saturated heterocycles. The lowest BCUT2D eigenvalue weighted by Gasteiger charge is -2.09. The molecule has 1 heterocycles. The molecule has 8 heteroatoms. The number of nitrogens with one attached hydrogen (secondary N) is 1. The Kier molecular flexibility index (Phi) is 5.27. The van der Waals surface area contributed by atoms with E-state index in [1.807, 2.05) is 13.1 Å². The van der Waals surface area contributed by atoms with E-state index in [2.05, 4.69) is 42.2 Å². The summed E-state index contributed by atoms with van der Waals surface area (Å²) < 4.78 is 6.61. The van der Waals surface area contributed by atoms with Crippen LogP contribution in [0.15, 0.2) is 39.4 Å². The number of nitro groups is 1. The van der Waals surface area contributed by atoms with Gasteiger partial charge in [0.15, 0.2) is 5.75 Å². The minimum Gasteiger partial charge on any atom is -0.437 e. The summed E-state index contributed by atoms with van der Waals surface area (Å²) in [7, 11) is 1.86. The Hall–Kier alpha value is -1.51. The molecule has 2 aromatic rings. The van der Waals surface area contributed by atoms with Crippen molar-refractivity contribution in [2.45, 2.75) is 6.54 Å². The molecule has 0 unspecified atom stereocenters. The van der Waals surface area contributed by atoms with Gasteiger partial charge >= 0.3 is 0 Å². The van der Waals surface area contributed by atoms with Crippen LogP contribution in [0.4, 0.5) is 5.69 Å². The SMILES string of the molecule is CNCc1ccc(Oc2c(Br)cc([N+](=O)[O-])cc2Br)nc1. The summed E-state index contributed by atoms with van der Waals surface area (Å²) >= 11 is 6.53. The first kappa shape index (κ1) is 15.9. The second-order valence-electron chi connectivity index (χ2n) is 4.13. The van der Waals surface area contributed by atoms with Crippen molar-refractivity contribution in [3.63, 3.8) is 0 Å². The van der Waals surface area contributed by atoms with Gasteiger partial charge in [0.05, 0.1) is 13.9 Å². The summed E-state index contributed by atoms with van der Waals surface area (Å²) in [5.41, 5.74) is 1.00. The quantitative estimate of drug-likeness (QED) is 0.588. The van der Waals surface area contributed by atoms with Crippen molar-refractivity contribution in [1.82, 2.24) is 10.3 Å². The van der Waals surface area contributed by atoms with Crippen LogP contribution in [-0.4, -0.2) is 17.0 Å². The number of non-ortho nitro benzene ring substituents is 1. The zero-order chi connectivity index (χ0) is 15.4. The van der Waals surface area contributed by atoms with Gasteiger partial charge in [-0.05, 0) is 44.5 Å². The molecule has 1 aromatic carbocycles. The van der Waals surface area contributed by atoms with Crippen LogP contribution < -0.4 is 10.1 Å². The van der Waals surface area contributed by atoms with E-state index < -0.39 is 4.92 Å². The van der Waals surface area contributed by atoms with Crippen LogP contribution in [0.1, 0.15) is 5.56 Å². The Morgan fingerprint density at radius 1 is 1.33 bits per heavy atom. The fourth-order valence-electron chi connectivity index (χ4n) is 1.63. The summed E-state index contributed by atoms with van der Waals surface area (Å²) in [5.74, 6) is 0.847. The van der Waals surface area contributed by atoms with Gasteiger partial charge in [-0.25, -0.2) is 4.98 Å². The molecule has 0 aliphatic rings. The lowest BCUT2D eigenvalue weighted by atomic mass is 10.3. The van der Waals surface area contributed by atoms with Crippen molar-refractivity contribution < 1.29 is 9.66 Å². The van der Waals surface area contributed by atoms with Crippen molar-refractivity contribution >= 4 is 37.5 Å². The first-order valence-corrected chi connectivity index (χ1v) is 7.50. The van der Waals surface area contributed by atoms with Crippen LogP contribution in [0.2, 0.25) is 0 Å². The molecular weight excluding hydrogens is 406 g/mol. The van der Waals surface area contributed by atoms with E-state index in [1.54, 1.807) is 12.3 Å². The highest BCUT2D eigenvalue weighted by Gasteiger charge is 2.16. The number of hydrogen-bond donors (Lipinski definition) is 1. The molecule has 1 aromatic heterocycles. The van der Waals surface area contributed by atoms with Gasteiger partial charge in [0.25, 0.3) is 5.69 Å². The Bertz CT molecular complexity index is 639. The van der Waals surface area contributed by atoms with Crippen LogP contribution in [0.25, 0.3) is 0 Å². The lowest BCUT2D eigenvalue weighted by molar-refractivity contribution is -0.385. The van der Waals surface area contributed by atoms with E-state index in [4.69, 9.17) is 4.74 Å². The van der Waals surface area contributed by atoms with Crippen molar-refractivity contribution in [1.29, 1.82) is 0 Å². The Balaban J connectivity index is 2.25. The van der Waals surface area contributed by atoms with Gasteiger partial charge in [0, 0.05) is 30.9 Å². The largest absolute Gasteiger partial charge is 0.437 e. The highest BCUT2D eigenvalue weighted by molar-refractivity contribution is 9.11. The molecule has 0 atom stereocenters. The highest BCUT2D eigenvalue weighted by atomic mass is 79.9. The summed E-state index contributed by atoms with van der Waals surface area (Å²) in [6.07, 6.45) is 1.71. The molecule has 1 N–H and O–H groups in total. The molecule has 0 aliphatic carbocycles. The Labute approximate surface area is 137 Å². The van der Waals surface area contributed by atoms with Crippen LogP contribution >= 0.6 is 31.9 Å². The van der Waals surface area contributed by atoms with Gasteiger partial charge in [-0.2, -0.15) is 0 Å². The number of pyridine rings is 1. The first-order valence-electron chi connectivity index (χ1n) is 5.92. The van der Waals surface area contributed by atoms with E-state index in [0.29, 0.717) is 20.6 Å². The van der Waals surface area contributed by atoms with E-state index in [9.17, 15) is 10.1 Å². The molecule has 0 bridgehead atoms. The number of nitrogens with zero attached hydrogens (tertiary/aromatic N) is 2. The smallest absolute Gasteiger partial charge is 0.271 e. The van der Waals surface area contributed by atoms with Crippen molar-refractivity contribution in [3.8, 4) is 11.6 Å². The summed E-state index contributed by atoms with van der Waals surface area (Å²) in [5, 5.41) is 13.8. The number of hydrogen-bond acceptors (Lipinski definition) is 5. The topological polar surface area (TPSA) is 77.3 Å². The monoisotopic (exact) mass is 415 g/mol. The maximum absolute atomic E-state index is 10.8. The molecule has 0 fully saturated rings. The van der Waals surface area contributed by atoms with Crippen molar-refractivity contribution in [2.24, 2.45) is 0 Å². The predicted molar refractivity (Wildman–Crippen MR) is 85.6 cm³/mol. The van der Waals surface area contributed by atoms with Gasteiger partial charge in [0.2, 0.25) is 5.88 Å². The maximum atomic E-state index is 10.8. The van der Waals surface area contributed by atoms with E-state index >= 15 is 0 Å². The van der Waals surface area contributed by atoms with E-state index in [1.165, 1.54) is 12.1 Å².